The third-order valence-corrected chi connectivity index (χ3v) is 3.41. The summed E-state index contributed by atoms with van der Waals surface area (Å²) in [4.78, 5) is 3.91. The number of nitriles is 2. The molecule has 3 aromatic rings. The second-order valence-electron chi connectivity index (χ2n) is 4.88. The number of aryl methyl sites for hydroxylation is 1. The molecular formula is C17H10FN5. The lowest BCUT2D eigenvalue weighted by Gasteiger charge is -2.05. The minimum absolute atomic E-state index is 0.0684. The molecule has 0 saturated heterocycles. The summed E-state index contributed by atoms with van der Waals surface area (Å²) in [7, 11) is 1.76. The molecule has 0 fully saturated rings. The van der Waals surface area contributed by atoms with Gasteiger partial charge in [0.15, 0.2) is 5.69 Å². The smallest absolute Gasteiger partial charge is 0.158 e. The molecule has 0 bridgehead atoms. The van der Waals surface area contributed by atoms with Crippen molar-refractivity contribution in [3.8, 4) is 34.5 Å². The fraction of sp³-hybridized carbons (Fsp3) is 0.0588. The van der Waals surface area contributed by atoms with E-state index in [1.54, 1.807) is 36.1 Å². The molecule has 0 radical (unpaired) electrons. The van der Waals surface area contributed by atoms with Crippen molar-refractivity contribution in [2.24, 2.45) is 7.05 Å². The number of benzene rings is 1. The molecule has 23 heavy (non-hydrogen) atoms. The standard InChI is InChI=1S/C17H10FN5/c1-23-10-15(13-6-7-21-16(9-20)14(13)8-19)17(22-23)11-2-4-12(18)5-3-11/h2-7,10H,1H3. The van der Waals surface area contributed by atoms with Crippen molar-refractivity contribution < 1.29 is 4.39 Å². The number of pyridine rings is 1. The number of aromatic nitrogens is 3. The summed E-state index contributed by atoms with van der Waals surface area (Å²) in [6, 6.07) is 11.6. The van der Waals surface area contributed by atoms with Gasteiger partial charge in [-0.05, 0) is 30.3 Å². The lowest BCUT2D eigenvalue weighted by molar-refractivity contribution is 0.628. The van der Waals surface area contributed by atoms with Gasteiger partial charge in [-0.1, -0.05) is 0 Å². The Labute approximate surface area is 131 Å². The van der Waals surface area contributed by atoms with Crippen molar-refractivity contribution in [1.29, 1.82) is 10.5 Å². The summed E-state index contributed by atoms with van der Waals surface area (Å²) in [5.74, 6) is -0.334. The highest BCUT2D eigenvalue weighted by atomic mass is 19.1. The van der Waals surface area contributed by atoms with Crippen LogP contribution in [0.5, 0.6) is 0 Å². The number of halogens is 1. The van der Waals surface area contributed by atoms with E-state index in [1.807, 2.05) is 12.1 Å². The highest BCUT2D eigenvalue weighted by Crippen LogP contribution is 2.33. The van der Waals surface area contributed by atoms with Crippen LogP contribution in [0, 0.1) is 28.5 Å². The van der Waals surface area contributed by atoms with Crippen molar-refractivity contribution in [2.45, 2.75) is 0 Å². The first-order valence-electron chi connectivity index (χ1n) is 6.73. The SMILES string of the molecule is Cn1cc(-c2ccnc(C#N)c2C#N)c(-c2ccc(F)cc2)n1. The summed E-state index contributed by atoms with van der Waals surface area (Å²) in [5.41, 5.74) is 2.87. The molecule has 0 N–H and O–H groups in total. The summed E-state index contributed by atoms with van der Waals surface area (Å²) >= 11 is 0. The maximum absolute atomic E-state index is 13.1. The maximum atomic E-state index is 13.1. The van der Waals surface area contributed by atoms with Gasteiger partial charge in [0.25, 0.3) is 0 Å². The molecule has 0 saturated carbocycles. The van der Waals surface area contributed by atoms with Crippen LogP contribution in [-0.4, -0.2) is 14.8 Å². The Morgan fingerprint density at radius 1 is 1.04 bits per heavy atom. The molecule has 2 aromatic heterocycles. The van der Waals surface area contributed by atoms with Crippen LogP contribution in [-0.2, 0) is 7.05 Å². The second kappa shape index (κ2) is 5.70. The molecule has 0 aliphatic heterocycles. The van der Waals surface area contributed by atoms with Crippen LogP contribution in [0.25, 0.3) is 22.4 Å². The first kappa shape index (κ1) is 14.4. The molecular weight excluding hydrogens is 293 g/mol. The average molecular weight is 303 g/mol. The Morgan fingerprint density at radius 2 is 1.78 bits per heavy atom. The van der Waals surface area contributed by atoms with Crippen LogP contribution in [0.1, 0.15) is 11.3 Å². The van der Waals surface area contributed by atoms with Gasteiger partial charge >= 0.3 is 0 Å². The van der Waals surface area contributed by atoms with Gasteiger partial charge in [0.2, 0.25) is 0 Å². The van der Waals surface area contributed by atoms with Gasteiger partial charge in [-0.25, -0.2) is 9.37 Å². The zero-order chi connectivity index (χ0) is 16.4. The van der Waals surface area contributed by atoms with Gasteiger partial charge in [-0.3, -0.25) is 4.68 Å². The van der Waals surface area contributed by atoms with E-state index < -0.39 is 0 Å². The summed E-state index contributed by atoms with van der Waals surface area (Å²) in [6.45, 7) is 0. The monoisotopic (exact) mass is 303 g/mol. The van der Waals surface area contributed by atoms with Crippen LogP contribution in [0.3, 0.4) is 0 Å². The first-order valence-corrected chi connectivity index (χ1v) is 6.73. The highest BCUT2D eigenvalue weighted by Gasteiger charge is 2.18. The van der Waals surface area contributed by atoms with Gasteiger partial charge in [-0.2, -0.15) is 15.6 Å². The van der Waals surface area contributed by atoms with Crippen LogP contribution < -0.4 is 0 Å². The molecule has 0 amide bonds. The first-order chi connectivity index (χ1) is 11.1. The maximum Gasteiger partial charge on any atom is 0.158 e. The lowest BCUT2D eigenvalue weighted by atomic mass is 9.97. The molecule has 0 unspecified atom stereocenters. The topological polar surface area (TPSA) is 78.3 Å². The molecule has 0 spiro atoms. The van der Waals surface area contributed by atoms with Crippen molar-refractivity contribution in [1.82, 2.24) is 14.8 Å². The third-order valence-electron chi connectivity index (χ3n) is 3.41. The van der Waals surface area contributed by atoms with Crippen molar-refractivity contribution in [3.63, 3.8) is 0 Å². The Bertz CT molecular complexity index is 958. The Balaban J connectivity index is 2.26. The zero-order valence-electron chi connectivity index (χ0n) is 12.2. The minimum atomic E-state index is -0.334. The number of hydrogen-bond donors (Lipinski definition) is 0. The summed E-state index contributed by atoms with van der Waals surface area (Å²) in [5, 5.41) is 22.9. The van der Waals surface area contributed by atoms with E-state index in [1.165, 1.54) is 18.3 Å². The number of rotatable bonds is 2. The largest absolute Gasteiger partial charge is 0.275 e. The number of hydrogen-bond acceptors (Lipinski definition) is 4. The van der Waals surface area contributed by atoms with Gasteiger partial charge in [0.1, 0.15) is 23.6 Å². The van der Waals surface area contributed by atoms with E-state index in [0.717, 1.165) is 5.56 Å². The van der Waals surface area contributed by atoms with Gasteiger partial charge in [0.05, 0.1) is 5.56 Å². The lowest BCUT2D eigenvalue weighted by Crippen LogP contribution is -1.93. The molecule has 6 heteroatoms. The zero-order valence-corrected chi connectivity index (χ0v) is 12.2. The predicted octanol–water partition coefficient (Wildman–Crippen LogP) is 3.03. The predicted molar refractivity (Wildman–Crippen MR) is 81.3 cm³/mol. The van der Waals surface area contributed by atoms with E-state index in [4.69, 9.17) is 5.26 Å². The van der Waals surface area contributed by atoms with Crippen molar-refractivity contribution in [3.05, 3.63) is 59.8 Å². The van der Waals surface area contributed by atoms with Gasteiger partial charge in [-0.15, -0.1) is 0 Å². The molecule has 5 nitrogen and oxygen atoms in total. The van der Waals surface area contributed by atoms with E-state index >= 15 is 0 Å². The van der Waals surface area contributed by atoms with Crippen LogP contribution in [0.15, 0.2) is 42.7 Å². The second-order valence-corrected chi connectivity index (χ2v) is 4.88. The van der Waals surface area contributed by atoms with Crippen LogP contribution >= 0.6 is 0 Å². The summed E-state index contributed by atoms with van der Waals surface area (Å²) < 4.78 is 14.7. The van der Waals surface area contributed by atoms with E-state index in [-0.39, 0.29) is 17.1 Å². The highest BCUT2D eigenvalue weighted by molar-refractivity contribution is 5.84. The molecule has 110 valence electrons. The van der Waals surface area contributed by atoms with E-state index in [0.29, 0.717) is 16.8 Å². The summed E-state index contributed by atoms with van der Waals surface area (Å²) in [6.07, 6.45) is 3.24. The molecule has 0 aliphatic rings. The Kier molecular flexibility index (Phi) is 3.58. The molecule has 0 atom stereocenters. The molecule has 1 aromatic carbocycles. The molecule has 2 heterocycles. The van der Waals surface area contributed by atoms with Crippen molar-refractivity contribution in [2.75, 3.05) is 0 Å². The van der Waals surface area contributed by atoms with Gasteiger partial charge in [0, 0.05) is 36.1 Å². The molecule has 3 rings (SSSR count). The van der Waals surface area contributed by atoms with Crippen molar-refractivity contribution >= 4 is 0 Å². The quantitative estimate of drug-likeness (QED) is 0.729. The number of nitrogens with zero attached hydrogens (tertiary/aromatic N) is 5. The minimum Gasteiger partial charge on any atom is -0.275 e. The average Bonchev–Trinajstić information content (AvgIpc) is 2.96. The Hall–Kier alpha value is -3.51. The fourth-order valence-corrected chi connectivity index (χ4v) is 2.39. The van der Waals surface area contributed by atoms with E-state index in [2.05, 4.69) is 10.1 Å². The third kappa shape index (κ3) is 2.54. The Morgan fingerprint density at radius 3 is 2.43 bits per heavy atom. The van der Waals surface area contributed by atoms with Crippen LogP contribution in [0.4, 0.5) is 4.39 Å². The van der Waals surface area contributed by atoms with Gasteiger partial charge < -0.3 is 0 Å². The normalized spacial score (nSPS) is 10.1. The fourth-order valence-electron chi connectivity index (χ4n) is 2.39. The molecule has 0 aliphatic carbocycles. The van der Waals surface area contributed by atoms with E-state index in [9.17, 15) is 9.65 Å². The van der Waals surface area contributed by atoms with Crippen LogP contribution in [0.2, 0.25) is 0 Å².